The number of rotatable bonds is 3. The Bertz CT molecular complexity index is 695. The topological polar surface area (TPSA) is 70.7 Å². The summed E-state index contributed by atoms with van der Waals surface area (Å²) >= 11 is 0. The van der Waals surface area contributed by atoms with Gasteiger partial charge in [0, 0.05) is 6.04 Å². The van der Waals surface area contributed by atoms with E-state index < -0.39 is 0 Å². The van der Waals surface area contributed by atoms with Crippen molar-refractivity contribution < 1.29 is 9.18 Å². The summed E-state index contributed by atoms with van der Waals surface area (Å²) in [7, 11) is 0. The highest BCUT2D eigenvalue weighted by Gasteiger charge is 2.26. The van der Waals surface area contributed by atoms with Crippen molar-refractivity contribution in [2.24, 2.45) is 0 Å². The van der Waals surface area contributed by atoms with E-state index >= 15 is 0 Å². The lowest BCUT2D eigenvalue weighted by molar-refractivity contribution is 0.0951. The van der Waals surface area contributed by atoms with Crippen LogP contribution in [0.5, 0.6) is 0 Å². The lowest BCUT2D eigenvalue weighted by atomic mass is 10.2. The van der Waals surface area contributed by atoms with Crippen LogP contribution in [0.1, 0.15) is 28.9 Å². The summed E-state index contributed by atoms with van der Waals surface area (Å²) in [6, 6.07) is 7.76. The molecule has 0 aliphatic heterocycles. The first kappa shape index (κ1) is 12.4. The van der Waals surface area contributed by atoms with Crippen LogP contribution in [0.25, 0.3) is 5.69 Å². The van der Waals surface area contributed by atoms with Crippen LogP contribution < -0.4 is 5.32 Å². The molecular formula is C14H11FN4O. The maximum Gasteiger partial charge on any atom is 0.256 e. The summed E-state index contributed by atoms with van der Waals surface area (Å²) in [5.74, 6) is -0.663. The fourth-order valence-electron chi connectivity index (χ4n) is 1.89. The largest absolute Gasteiger partial charge is 0.349 e. The molecule has 0 atom stereocenters. The fraction of sp³-hybridized carbons (Fsp3) is 0.214. The minimum atomic E-state index is -0.369. The van der Waals surface area contributed by atoms with Crippen molar-refractivity contribution in [1.82, 2.24) is 15.1 Å². The second-order valence-corrected chi connectivity index (χ2v) is 4.65. The molecule has 20 heavy (non-hydrogen) atoms. The Balaban J connectivity index is 1.96. The Hall–Kier alpha value is -2.68. The van der Waals surface area contributed by atoms with E-state index in [4.69, 9.17) is 0 Å². The van der Waals surface area contributed by atoms with Gasteiger partial charge in [0.15, 0.2) is 5.69 Å². The molecule has 1 saturated carbocycles. The summed E-state index contributed by atoms with van der Waals surface area (Å²) in [4.78, 5) is 12.0. The van der Waals surface area contributed by atoms with Gasteiger partial charge in [-0.2, -0.15) is 10.4 Å². The third kappa shape index (κ3) is 2.26. The van der Waals surface area contributed by atoms with Gasteiger partial charge in [0.25, 0.3) is 5.91 Å². The smallest absolute Gasteiger partial charge is 0.256 e. The number of halogens is 1. The zero-order valence-corrected chi connectivity index (χ0v) is 10.5. The maximum absolute atomic E-state index is 12.9. The SMILES string of the molecule is N#Cc1c(C(=O)NC2CC2)cnn1-c1ccc(F)cc1. The molecule has 1 aromatic carbocycles. The number of nitrogens with one attached hydrogen (secondary N) is 1. The number of benzene rings is 1. The van der Waals surface area contributed by atoms with Crippen LogP contribution in [-0.4, -0.2) is 21.7 Å². The van der Waals surface area contributed by atoms with Crippen LogP contribution in [0.3, 0.4) is 0 Å². The van der Waals surface area contributed by atoms with Gasteiger partial charge in [-0.3, -0.25) is 4.79 Å². The molecule has 0 bridgehead atoms. The first-order valence-corrected chi connectivity index (χ1v) is 6.24. The third-order valence-electron chi connectivity index (χ3n) is 3.10. The normalized spacial score (nSPS) is 13.8. The Kier molecular flexibility index (Phi) is 2.95. The second kappa shape index (κ2) is 4.78. The first-order chi connectivity index (χ1) is 9.69. The molecule has 5 nitrogen and oxygen atoms in total. The Morgan fingerprint density at radius 2 is 2.10 bits per heavy atom. The predicted molar refractivity (Wildman–Crippen MR) is 68.7 cm³/mol. The zero-order chi connectivity index (χ0) is 14.1. The molecule has 6 heteroatoms. The molecule has 1 fully saturated rings. The molecule has 100 valence electrons. The third-order valence-corrected chi connectivity index (χ3v) is 3.10. The number of amides is 1. The van der Waals surface area contributed by atoms with E-state index in [9.17, 15) is 14.4 Å². The molecule has 1 aromatic heterocycles. The Labute approximate surface area is 114 Å². The first-order valence-electron chi connectivity index (χ1n) is 6.24. The summed E-state index contributed by atoms with van der Waals surface area (Å²) in [6.07, 6.45) is 3.30. The molecule has 3 rings (SSSR count). The van der Waals surface area contributed by atoms with Crippen molar-refractivity contribution in [2.75, 3.05) is 0 Å². The summed E-state index contributed by atoms with van der Waals surface area (Å²) in [5, 5.41) is 16.1. The van der Waals surface area contributed by atoms with Crippen LogP contribution in [0, 0.1) is 17.1 Å². The predicted octanol–water partition coefficient (Wildman–Crippen LogP) is 1.78. The highest BCUT2D eigenvalue weighted by molar-refractivity contribution is 5.96. The standard InChI is InChI=1S/C14H11FN4O/c15-9-1-5-11(6-2-9)19-13(7-16)12(8-17-19)14(20)18-10-3-4-10/h1-2,5-6,8,10H,3-4H2,(H,18,20). The van der Waals surface area contributed by atoms with Gasteiger partial charge in [-0.1, -0.05) is 0 Å². The van der Waals surface area contributed by atoms with Gasteiger partial charge >= 0.3 is 0 Å². The van der Waals surface area contributed by atoms with Gasteiger partial charge in [-0.05, 0) is 37.1 Å². The average molecular weight is 270 g/mol. The summed E-state index contributed by atoms with van der Waals surface area (Å²) in [6.45, 7) is 0. The van der Waals surface area contributed by atoms with Gasteiger partial charge in [0.2, 0.25) is 0 Å². The van der Waals surface area contributed by atoms with Crippen molar-refractivity contribution in [3.63, 3.8) is 0 Å². The Morgan fingerprint density at radius 1 is 1.40 bits per heavy atom. The molecule has 1 heterocycles. The molecule has 0 radical (unpaired) electrons. The molecule has 1 aliphatic carbocycles. The van der Waals surface area contributed by atoms with E-state index in [1.54, 1.807) is 0 Å². The second-order valence-electron chi connectivity index (χ2n) is 4.65. The molecule has 0 saturated heterocycles. The van der Waals surface area contributed by atoms with Gasteiger partial charge in [0.1, 0.15) is 11.9 Å². The van der Waals surface area contributed by atoms with Crippen molar-refractivity contribution >= 4 is 5.91 Å². The van der Waals surface area contributed by atoms with Gasteiger partial charge in [0.05, 0.1) is 17.4 Å². The minimum Gasteiger partial charge on any atom is -0.349 e. The number of nitrogens with zero attached hydrogens (tertiary/aromatic N) is 3. The average Bonchev–Trinajstić information content (AvgIpc) is 3.15. The fourth-order valence-corrected chi connectivity index (χ4v) is 1.89. The molecule has 0 unspecified atom stereocenters. The number of carbonyl (C=O) groups excluding carboxylic acids is 1. The van der Waals surface area contributed by atoms with E-state index in [0.29, 0.717) is 5.69 Å². The minimum absolute atomic E-state index is 0.148. The van der Waals surface area contributed by atoms with Gasteiger partial charge < -0.3 is 5.32 Å². The molecule has 1 amide bonds. The summed E-state index contributed by atoms with van der Waals surface area (Å²) < 4.78 is 14.2. The highest BCUT2D eigenvalue weighted by Crippen LogP contribution is 2.20. The Morgan fingerprint density at radius 3 is 2.70 bits per heavy atom. The van der Waals surface area contributed by atoms with Crippen molar-refractivity contribution in [2.45, 2.75) is 18.9 Å². The van der Waals surface area contributed by atoms with Gasteiger partial charge in [-0.15, -0.1) is 0 Å². The van der Waals surface area contributed by atoms with E-state index in [-0.39, 0.29) is 29.0 Å². The van der Waals surface area contributed by atoms with Crippen molar-refractivity contribution in [3.05, 3.63) is 47.5 Å². The number of hydrogen-bond donors (Lipinski definition) is 1. The number of hydrogen-bond acceptors (Lipinski definition) is 3. The van der Waals surface area contributed by atoms with Crippen LogP contribution in [-0.2, 0) is 0 Å². The molecule has 0 spiro atoms. The number of nitriles is 1. The summed E-state index contributed by atoms with van der Waals surface area (Å²) in [5.41, 5.74) is 0.923. The van der Waals surface area contributed by atoms with Crippen LogP contribution in [0.15, 0.2) is 30.5 Å². The molecule has 1 N–H and O–H groups in total. The quantitative estimate of drug-likeness (QED) is 0.924. The lowest BCUT2D eigenvalue weighted by Gasteiger charge is -2.04. The highest BCUT2D eigenvalue weighted by atomic mass is 19.1. The lowest BCUT2D eigenvalue weighted by Crippen LogP contribution is -2.25. The van der Waals surface area contributed by atoms with Gasteiger partial charge in [-0.25, -0.2) is 9.07 Å². The van der Waals surface area contributed by atoms with E-state index in [1.165, 1.54) is 35.1 Å². The van der Waals surface area contributed by atoms with Crippen molar-refractivity contribution in [1.29, 1.82) is 5.26 Å². The number of aromatic nitrogens is 2. The monoisotopic (exact) mass is 270 g/mol. The van der Waals surface area contributed by atoms with Crippen LogP contribution in [0.2, 0.25) is 0 Å². The molecular weight excluding hydrogens is 259 g/mol. The maximum atomic E-state index is 12.9. The number of carbonyl (C=O) groups is 1. The molecule has 2 aromatic rings. The zero-order valence-electron chi connectivity index (χ0n) is 10.5. The van der Waals surface area contributed by atoms with Crippen molar-refractivity contribution in [3.8, 4) is 11.8 Å². The van der Waals surface area contributed by atoms with E-state index in [1.807, 2.05) is 6.07 Å². The van der Waals surface area contributed by atoms with E-state index in [0.717, 1.165) is 12.8 Å². The van der Waals surface area contributed by atoms with Crippen LogP contribution >= 0.6 is 0 Å². The van der Waals surface area contributed by atoms with E-state index in [2.05, 4.69) is 10.4 Å². The molecule has 1 aliphatic rings. The van der Waals surface area contributed by atoms with Crippen LogP contribution in [0.4, 0.5) is 4.39 Å².